The molecule has 0 saturated carbocycles. The Morgan fingerprint density at radius 2 is 1.62 bits per heavy atom. The summed E-state index contributed by atoms with van der Waals surface area (Å²) in [6.45, 7) is 1.40. The minimum atomic E-state index is -0.624. The third-order valence-electron chi connectivity index (χ3n) is 4.07. The lowest BCUT2D eigenvalue weighted by Gasteiger charge is -2.26. The smallest absolute Gasteiger partial charge is 0.140 e. The van der Waals surface area contributed by atoms with Gasteiger partial charge in [0.1, 0.15) is 29.6 Å². The quantitative estimate of drug-likeness (QED) is 0.672. The highest BCUT2D eigenvalue weighted by atomic mass is 19.1. The Hall–Kier alpha value is -2.67. The minimum absolute atomic E-state index is 0.183. The zero-order valence-electron chi connectivity index (χ0n) is 14.6. The van der Waals surface area contributed by atoms with Crippen molar-refractivity contribution in [2.24, 2.45) is 0 Å². The molecule has 7 heteroatoms. The van der Waals surface area contributed by atoms with E-state index >= 15 is 0 Å². The van der Waals surface area contributed by atoms with Crippen molar-refractivity contribution in [3.05, 3.63) is 65.7 Å². The first kappa shape index (κ1) is 18.1. The van der Waals surface area contributed by atoms with Gasteiger partial charge >= 0.3 is 0 Å². The van der Waals surface area contributed by atoms with E-state index in [9.17, 15) is 13.2 Å². The van der Waals surface area contributed by atoms with E-state index in [4.69, 9.17) is 0 Å². The van der Waals surface area contributed by atoms with E-state index in [0.717, 1.165) is 6.07 Å². The molecule has 26 heavy (non-hydrogen) atoms. The molecular weight excluding hydrogens is 341 g/mol. The number of halogens is 3. The van der Waals surface area contributed by atoms with Crippen molar-refractivity contribution < 1.29 is 13.2 Å². The first-order valence-corrected chi connectivity index (χ1v) is 8.18. The highest BCUT2D eigenvalue weighted by Gasteiger charge is 2.16. The number of nitrogens with zero attached hydrogens (tertiary/aromatic N) is 4. The van der Waals surface area contributed by atoms with Crippen LogP contribution in [0.4, 0.5) is 19.0 Å². The van der Waals surface area contributed by atoms with E-state index in [1.165, 1.54) is 30.6 Å². The zero-order valence-corrected chi connectivity index (χ0v) is 14.6. The molecule has 3 aromatic rings. The normalized spacial score (nSPS) is 11.3. The summed E-state index contributed by atoms with van der Waals surface area (Å²) in [5.41, 5.74) is 0.944. The molecule has 2 aromatic carbocycles. The Morgan fingerprint density at radius 3 is 2.35 bits per heavy atom. The van der Waals surface area contributed by atoms with Crippen LogP contribution in [0.25, 0.3) is 10.9 Å². The fourth-order valence-corrected chi connectivity index (χ4v) is 2.70. The van der Waals surface area contributed by atoms with Crippen LogP contribution in [-0.4, -0.2) is 42.1 Å². The van der Waals surface area contributed by atoms with Gasteiger partial charge in [-0.2, -0.15) is 0 Å². The number of hydrogen-bond acceptors (Lipinski definition) is 4. The van der Waals surface area contributed by atoms with E-state index < -0.39 is 17.5 Å². The van der Waals surface area contributed by atoms with Gasteiger partial charge in [0.2, 0.25) is 0 Å². The highest BCUT2D eigenvalue weighted by molar-refractivity contribution is 5.89. The predicted octanol–water partition coefficient (Wildman–Crippen LogP) is 3.62. The molecule has 0 aliphatic carbocycles. The number of hydrogen-bond donors (Lipinski definition) is 0. The molecule has 1 heterocycles. The summed E-state index contributed by atoms with van der Waals surface area (Å²) in [4.78, 5) is 12.3. The van der Waals surface area contributed by atoms with E-state index in [1.54, 1.807) is 6.07 Å². The second-order valence-electron chi connectivity index (χ2n) is 6.32. The molecule has 0 amide bonds. The summed E-state index contributed by atoms with van der Waals surface area (Å²) in [7, 11) is 3.85. The zero-order chi connectivity index (χ0) is 18.7. The number of rotatable bonds is 6. The molecule has 3 rings (SSSR count). The van der Waals surface area contributed by atoms with Crippen molar-refractivity contribution in [1.29, 1.82) is 0 Å². The Bertz CT molecular complexity index is 914. The Balaban J connectivity index is 2.02. The number of fused-ring (bicyclic) bond motifs is 1. The van der Waals surface area contributed by atoms with Crippen LogP contribution in [0.3, 0.4) is 0 Å². The number of aromatic nitrogens is 2. The molecule has 136 valence electrons. The van der Waals surface area contributed by atoms with Gasteiger partial charge in [-0.1, -0.05) is 6.07 Å². The summed E-state index contributed by atoms with van der Waals surface area (Å²) in [5.74, 6) is -1.13. The maximum atomic E-state index is 14.1. The molecule has 0 saturated heterocycles. The lowest BCUT2D eigenvalue weighted by atomic mass is 10.1. The van der Waals surface area contributed by atoms with Crippen LogP contribution in [0, 0.1) is 17.5 Å². The molecule has 0 unspecified atom stereocenters. The number of likely N-dealkylation sites (N-methyl/N-ethyl adjacent to an activating group) is 1. The lowest BCUT2D eigenvalue weighted by Crippen LogP contribution is -2.32. The molecule has 1 aromatic heterocycles. The number of anilines is 1. The van der Waals surface area contributed by atoms with Gasteiger partial charge in [-0.3, -0.25) is 0 Å². The van der Waals surface area contributed by atoms with Crippen LogP contribution in [0.15, 0.2) is 42.7 Å². The van der Waals surface area contributed by atoms with Crippen molar-refractivity contribution in [2.75, 3.05) is 32.1 Å². The van der Waals surface area contributed by atoms with Gasteiger partial charge in [-0.15, -0.1) is 0 Å². The lowest BCUT2D eigenvalue weighted by molar-refractivity contribution is 0.411. The topological polar surface area (TPSA) is 32.3 Å². The van der Waals surface area contributed by atoms with Gasteiger partial charge in [0.05, 0.1) is 5.52 Å². The van der Waals surface area contributed by atoms with Crippen molar-refractivity contribution >= 4 is 16.7 Å². The van der Waals surface area contributed by atoms with Crippen molar-refractivity contribution in [3.63, 3.8) is 0 Å². The van der Waals surface area contributed by atoms with Crippen LogP contribution in [0.1, 0.15) is 5.56 Å². The van der Waals surface area contributed by atoms with Crippen LogP contribution in [0.5, 0.6) is 0 Å². The molecule has 0 radical (unpaired) electrons. The van der Waals surface area contributed by atoms with Gasteiger partial charge in [0.15, 0.2) is 0 Å². The van der Waals surface area contributed by atoms with E-state index in [2.05, 4.69) is 9.97 Å². The largest absolute Gasteiger partial charge is 0.350 e. The van der Waals surface area contributed by atoms with Gasteiger partial charge in [0.25, 0.3) is 0 Å². The summed E-state index contributed by atoms with van der Waals surface area (Å²) < 4.78 is 41.1. The maximum Gasteiger partial charge on any atom is 0.140 e. The Kier molecular flexibility index (Phi) is 5.37. The van der Waals surface area contributed by atoms with E-state index in [-0.39, 0.29) is 6.54 Å². The van der Waals surface area contributed by atoms with Crippen molar-refractivity contribution in [2.45, 2.75) is 6.54 Å². The average molecular weight is 360 g/mol. The predicted molar refractivity (Wildman–Crippen MR) is 95.5 cm³/mol. The van der Waals surface area contributed by atoms with Gasteiger partial charge in [-0.25, -0.2) is 23.1 Å². The van der Waals surface area contributed by atoms with Gasteiger partial charge < -0.3 is 9.80 Å². The fourth-order valence-electron chi connectivity index (χ4n) is 2.70. The number of benzene rings is 2. The van der Waals surface area contributed by atoms with Crippen molar-refractivity contribution in [3.8, 4) is 0 Å². The molecule has 0 N–H and O–H groups in total. The maximum absolute atomic E-state index is 14.1. The first-order valence-electron chi connectivity index (χ1n) is 8.18. The molecule has 0 atom stereocenters. The molecule has 4 nitrogen and oxygen atoms in total. The average Bonchev–Trinajstić information content (AvgIpc) is 2.60. The monoisotopic (exact) mass is 360 g/mol. The summed E-state index contributed by atoms with van der Waals surface area (Å²) >= 11 is 0. The van der Waals surface area contributed by atoms with E-state index in [1.807, 2.05) is 23.9 Å². The molecule has 0 aliphatic heterocycles. The molecule has 0 spiro atoms. The first-order chi connectivity index (χ1) is 12.4. The summed E-state index contributed by atoms with van der Waals surface area (Å²) in [6.07, 6.45) is 1.40. The van der Waals surface area contributed by atoms with Crippen LogP contribution in [-0.2, 0) is 6.54 Å². The second kappa shape index (κ2) is 7.70. The summed E-state index contributed by atoms with van der Waals surface area (Å²) in [6, 6.07) is 7.78. The standard InChI is InChI=1S/C19H19F3N4/c1-25(2)7-8-26(11-13-3-4-15(21)10-17(13)22)19-16-9-14(20)5-6-18(16)23-12-24-19/h3-6,9-10,12H,7-8,11H2,1-2H3. The SMILES string of the molecule is CN(C)CCN(Cc1ccc(F)cc1F)c1ncnc2ccc(F)cc12. The molecule has 0 aliphatic rings. The van der Waals surface area contributed by atoms with Crippen LogP contribution < -0.4 is 4.90 Å². The Morgan fingerprint density at radius 1 is 0.885 bits per heavy atom. The highest BCUT2D eigenvalue weighted by Crippen LogP contribution is 2.25. The summed E-state index contributed by atoms with van der Waals surface area (Å²) in [5, 5.41) is 0.550. The third-order valence-corrected chi connectivity index (χ3v) is 4.07. The molecular formula is C19H19F3N4. The van der Waals surface area contributed by atoms with Crippen LogP contribution in [0.2, 0.25) is 0 Å². The fraction of sp³-hybridized carbons (Fsp3) is 0.263. The van der Waals surface area contributed by atoms with Gasteiger partial charge in [0, 0.05) is 36.7 Å². The Labute approximate surface area is 149 Å². The van der Waals surface area contributed by atoms with Crippen molar-refractivity contribution in [1.82, 2.24) is 14.9 Å². The minimum Gasteiger partial charge on any atom is -0.350 e. The third kappa shape index (κ3) is 4.11. The van der Waals surface area contributed by atoms with Crippen LogP contribution >= 0.6 is 0 Å². The van der Waals surface area contributed by atoms with E-state index in [0.29, 0.717) is 35.4 Å². The molecule has 0 fully saturated rings. The molecule has 0 bridgehead atoms. The van der Waals surface area contributed by atoms with Gasteiger partial charge in [-0.05, 0) is 38.4 Å². The second-order valence-corrected chi connectivity index (χ2v) is 6.32.